The van der Waals surface area contributed by atoms with Crippen LogP contribution >= 0.6 is 11.8 Å². The van der Waals surface area contributed by atoms with Crippen LogP contribution in [0.3, 0.4) is 0 Å². The standard InChI is InChI=1S/C13H16O3S/c1-9(14)10-4-6-11(7-5-10)17-8-13(2,3)12(15)16/h4-7H,8H2,1-3H3,(H,15,16). The van der Waals surface area contributed by atoms with E-state index in [2.05, 4.69) is 0 Å². The van der Waals surface area contributed by atoms with Gasteiger partial charge < -0.3 is 5.11 Å². The second-order valence-electron chi connectivity index (χ2n) is 4.56. The minimum Gasteiger partial charge on any atom is -0.481 e. The third kappa shape index (κ3) is 3.89. The van der Waals surface area contributed by atoms with Crippen LogP contribution < -0.4 is 0 Å². The maximum absolute atomic E-state index is 11.1. The second-order valence-corrected chi connectivity index (χ2v) is 5.61. The van der Waals surface area contributed by atoms with Gasteiger partial charge in [0.1, 0.15) is 0 Å². The number of hydrogen-bond donors (Lipinski definition) is 1. The van der Waals surface area contributed by atoms with Crippen molar-refractivity contribution >= 4 is 23.5 Å². The lowest BCUT2D eigenvalue weighted by Gasteiger charge is -2.18. The highest BCUT2D eigenvalue weighted by Gasteiger charge is 2.26. The molecule has 0 heterocycles. The third-order valence-corrected chi connectivity index (χ3v) is 3.91. The number of benzene rings is 1. The van der Waals surface area contributed by atoms with E-state index in [1.807, 2.05) is 12.1 Å². The first-order valence-electron chi connectivity index (χ1n) is 5.30. The Bertz CT molecular complexity index is 421. The Hall–Kier alpha value is -1.29. The van der Waals surface area contributed by atoms with Gasteiger partial charge in [-0.1, -0.05) is 12.1 Å². The van der Waals surface area contributed by atoms with Gasteiger partial charge in [0.15, 0.2) is 5.78 Å². The molecule has 3 nitrogen and oxygen atoms in total. The van der Waals surface area contributed by atoms with Crippen molar-refractivity contribution in [2.75, 3.05) is 5.75 Å². The minimum absolute atomic E-state index is 0.0346. The molecule has 0 spiro atoms. The van der Waals surface area contributed by atoms with Gasteiger partial charge in [0.25, 0.3) is 0 Å². The first kappa shape index (κ1) is 13.8. The number of ketones is 1. The van der Waals surface area contributed by atoms with Crippen molar-refractivity contribution in [3.63, 3.8) is 0 Å². The normalized spacial score (nSPS) is 11.2. The van der Waals surface area contributed by atoms with Gasteiger partial charge >= 0.3 is 5.97 Å². The van der Waals surface area contributed by atoms with Crippen molar-refractivity contribution in [2.45, 2.75) is 25.7 Å². The molecule has 4 heteroatoms. The van der Waals surface area contributed by atoms with E-state index in [1.165, 1.54) is 18.7 Å². The number of hydrogen-bond acceptors (Lipinski definition) is 3. The van der Waals surface area contributed by atoms with Gasteiger partial charge in [-0.3, -0.25) is 9.59 Å². The van der Waals surface area contributed by atoms with Crippen LogP contribution in [0.1, 0.15) is 31.1 Å². The van der Waals surface area contributed by atoms with Gasteiger partial charge in [-0.15, -0.1) is 11.8 Å². The molecule has 0 aliphatic carbocycles. The predicted octanol–water partition coefficient (Wildman–Crippen LogP) is 3.09. The molecule has 0 aliphatic rings. The van der Waals surface area contributed by atoms with E-state index in [-0.39, 0.29) is 5.78 Å². The van der Waals surface area contributed by atoms with Crippen molar-refractivity contribution in [1.29, 1.82) is 0 Å². The van der Waals surface area contributed by atoms with Crippen LogP contribution in [-0.4, -0.2) is 22.6 Å². The SMILES string of the molecule is CC(=O)c1ccc(SCC(C)(C)C(=O)O)cc1. The summed E-state index contributed by atoms with van der Waals surface area (Å²) in [6, 6.07) is 7.22. The lowest BCUT2D eigenvalue weighted by atomic mass is 9.97. The Morgan fingerprint density at radius 1 is 1.24 bits per heavy atom. The summed E-state index contributed by atoms with van der Waals surface area (Å²) in [6.45, 7) is 4.92. The average Bonchev–Trinajstić information content (AvgIpc) is 2.27. The van der Waals surface area contributed by atoms with Gasteiger partial charge in [-0.05, 0) is 32.9 Å². The number of carboxylic acid groups (broad SMARTS) is 1. The number of thioether (sulfide) groups is 1. The third-order valence-electron chi connectivity index (χ3n) is 2.44. The molecule has 17 heavy (non-hydrogen) atoms. The first-order valence-corrected chi connectivity index (χ1v) is 6.29. The molecular formula is C13H16O3S. The fourth-order valence-electron chi connectivity index (χ4n) is 1.11. The number of carboxylic acids is 1. The van der Waals surface area contributed by atoms with Crippen molar-refractivity contribution in [2.24, 2.45) is 5.41 Å². The minimum atomic E-state index is -0.801. The zero-order chi connectivity index (χ0) is 13.1. The summed E-state index contributed by atoms with van der Waals surface area (Å²) in [5.74, 6) is -0.264. The van der Waals surface area contributed by atoms with Crippen LogP contribution in [0.25, 0.3) is 0 Å². The number of carbonyl (C=O) groups is 2. The number of Topliss-reactive ketones (excluding diaryl/α,β-unsaturated/α-hetero) is 1. The molecule has 0 bridgehead atoms. The van der Waals surface area contributed by atoms with Crippen molar-refractivity contribution in [3.8, 4) is 0 Å². The van der Waals surface area contributed by atoms with Crippen LogP contribution in [0.4, 0.5) is 0 Å². The molecule has 1 rings (SSSR count). The van der Waals surface area contributed by atoms with Crippen LogP contribution in [0.5, 0.6) is 0 Å². The number of rotatable bonds is 5. The van der Waals surface area contributed by atoms with E-state index >= 15 is 0 Å². The van der Waals surface area contributed by atoms with Crippen molar-refractivity contribution < 1.29 is 14.7 Å². The highest BCUT2D eigenvalue weighted by molar-refractivity contribution is 7.99. The van der Waals surface area contributed by atoms with E-state index in [0.717, 1.165) is 4.90 Å². The van der Waals surface area contributed by atoms with Crippen LogP contribution in [0, 0.1) is 5.41 Å². The molecule has 0 fully saturated rings. The molecule has 1 aromatic carbocycles. The molecule has 0 saturated heterocycles. The molecule has 0 unspecified atom stereocenters. The van der Waals surface area contributed by atoms with Crippen LogP contribution in [0.2, 0.25) is 0 Å². The average molecular weight is 252 g/mol. The molecule has 0 aliphatic heterocycles. The molecular weight excluding hydrogens is 236 g/mol. The lowest BCUT2D eigenvalue weighted by Crippen LogP contribution is -2.26. The molecule has 1 aromatic rings. The maximum atomic E-state index is 11.1. The molecule has 1 N–H and O–H groups in total. The summed E-state index contributed by atoms with van der Waals surface area (Å²) in [6.07, 6.45) is 0. The maximum Gasteiger partial charge on any atom is 0.309 e. The fourth-order valence-corrected chi connectivity index (χ4v) is 2.09. The summed E-state index contributed by atoms with van der Waals surface area (Å²) in [4.78, 5) is 23.0. The number of aliphatic carboxylic acids is 1. The van der Waals surface area contributed by atoms with Crippen LogP contribution in [0.15, 0.2) is 29.2 Å². The summed E-state index contributed by atoms with van der Waals surface area (Å²) in [5.41, 5.74) is -0.0731. The van der Waals surface area contributed by atoms with E-state index in [9.17, 15) is 9.59 Å². The van der Waals surface area contributed by atoms with Gasteiger partial charge in [-0.2, -0.15) is 0 Å². The zero-order valence-corrected chi connectivity index (χ0v) is 11.0. The van der Waals surface area contributed by atoms with Gasteiger partial charge in [-0.25, -0.2) is 0 Å². The second kappa shape index (κ2) is 5.36. The molecule has 0 radical (unpaired) electrons. The Morgan fingerprint density at radius 3 is 2.18 bits per heavy atom. The smallest absolute Gasteiger partial charge is 0.309 e. The Balaban J connectivity index is 2.65. The Kier molecular flexibility index (Phi) is 4.34. The predicted molar refractivity (Wildman–Crippen MR) is 68.6 cm³/mol. The van der Waals surface area contributed by atoms with Gasteiger partial charge in [0, 0.05) is 16.2 Å². The largest absolute Gasteiger partial charge is 0.481 e. The zero-order valence-electron chi connectivity index (χ0n) is 10.2. The molecule has 0 aromatic heterocycles. The van der Waals surface area contributed by atoms with Gasteiger partial charge in [0.2, 0.25) is 0 Å². The van der Waals surface area contributed by atoms with Crippen molar-refractivity contribution in [3.05, 3.63) is 29.8 Å². The summed E-state index contributed by atoms with van der Waals surface area (Å²) < 4.78 is 0. The lowest BCUT2D eigenvalue weighted by molar-refractivity contribution is -0.145. The summed E-state index contributed by atoms with van der Waals surface area (Å²) in [7, 11) is 0. The molecule has 0 amide bonds. The molecule has 92 valence electrons. The van der Waals surface area contributed by atoms with Crippen LogP contribution in [-0.2, 0) is 4.79 Å². The first-order chi connectivity index (χ1) is 7.83. The molecule has 0 atom stereocenters. The van der Waals surface area contributed by atoms with E-state index in [4.69, 9.17) is 5.11 Å². The Labute approximate surface area is 105 Å². The number of carbonyl (C=O) groups excluding carboxylic acids is 1. The quantitative estimate of drug-likeness (QED) is 0.646. The topological polar surface area (TPSA) is 54.4 Å². The molecule has 0 saturated carbocycles. The van der Waals surface area contributed by atoms with E-state index in [1.54, 1.807) is 26.0 Å². The highest BCUT2D eigenvalue weighted by Crippen LogP contribution is 2.28. The summed E-state index contributed by atoms with van der Waals surface area (Å²) in [5, 5.41) is 8.98. The summed E-state index contributed by atoms with van der Waals surface area (Å²) >= 11 is 1.48. The van der Waals surface area contributed by atoms with E-state index < -0.39 is 11.4 Å². The monoisotopic (exact) mass is 252 g/mol. The van der Waals surface area contributed by atoms with Gasteiger partial charge in [0.05, 0.1) is 5.41 Å². The van der Waals surface area contributed by atoms with Crippen molar-refractivity contribution in [1.82, 2.24) is 0 Å². The highest BCUT2D eigenvalue weighted by atomic mass is 32.2. The Morgan fingerprint density at radius 2 is 1.76 bits per heavy atom. The van der Waals surface area contributed by atoms with E-state index in [0.29, 0.717) is 11.3 Å². The fraction of sp³-hybridized carbons (Fsp3) is 0.385.